The molecule has 0 saturated heterocycles. The Morgan fingerprint density at radius 2 is 2.11 bits per heavy atom. The molecule has 0 aliphatic rings. The molecule has 2 rings (SSSR count). The average Bonchev–Trinajstić information content (AvgIpc) is 2.81. The van der Waals surface area contributed by atoms with E-state index in [4.69, 9.17) is 10.5 Å². The molecule has 0 fully saturated rings. The topological polar surface area (TPSA) is 53.1 Å². The van der Waals surface area contributed by atoms with E-state index in [0.29, 0.717) is 0 Å². The molecular weight excluding hydrogens is 353 g/mol. The summed E-state index contributed by atoms with van der Waals surface area (Å²) in [6.07, 6.45) is 1.73. The summed E-state index contributed by atoms with van der Waals surface area (Å²) in [6.45, 7) is 4.16. The zero-order valence-electron chi connectivity index (χ0n) is 11.3. The number of hydrogen-bond donors (Lipinski definition) is 1. The fraction of sp³-hybridized carbons (Fsp3) is 0.357. The highest BCUT2D eigenvalue weighted by Gasteiger charge is 2.21. The first-order chi connectivity index (χ1) is 9.04. The van der Waals surface area contributed by atoms with Gasteiger partial charge in [-0.25, -0.2) is 0 Å². The number of aromatic nitrogens is 2. The summed E-state index contributed by atoms with van der Waals surface area (Å²) in [6, 6.07) is 8.18. The van der Waals surface area contributed by atoms with Gasteiger partial charge in [-0.2, -0.15) is 5.10 Å². The third-order valence-electron chi connectivity index (χ3n) is 3.01. The second-order valence-electron chi connectivity index (χ2n) is 4.67. The third kappa shape index (κ3) is 2.92. The van der Waals surface area contributed by atoms with Crippen LogP contribution in [0.1, 0.15) is 37.2 Å². The van der Waals surface area contributed by atoms with Crippen molar-refractivity contribution in [1.82, 2.24) is 9.78 Å². The molecule has 0 bridgehead atoms. The van der Waals surface area contributed by atoms with Crippen molar-refractivity contribution in [3.63, 3.8) is 0 Å². The highest BCUT2D eigenvalue weighted by molar-refractivity contribution is 14.1. The lowest BCUT2D eigenvalue weighted by molar-refractivity contribution is 0.401. The number of nitrogens with two attached hydrogens (primary N) is 1. The van der Waals surface area contributed by atoms with Crippen LogP contribution in [0.25, 0.3) is 0 Å². The van der Waals surface area contributed by atoms with Gasteiger partial charge in [0.2, 0.25) is 0 Å². The molecule has 102 valence electrons. The summed E-state index contributed by atoms with van der Waals surface area (Å²) >= 11 is 2.29. The van der Waals surface area contributed by atoms with Crippen molar-refractivity contribution in [2.75, 3.05) is 7.11 Å². The number of ether oxygens (including phenoxy) is 1. The van der Waals surface area contributed by atoms with Crippen LogP contribution in [0.4, 0.5) is 0 Å². The van der Waals surface area contributed by atoms with Crippen LogP contribution < -0.4 is 10.5 Å². The van der Waals surface area contributed by atoms with E-state index in [1.807, 2.05) is 22.9 Å². The average molecular weight is 371 g/mol. The van der Waals surface area contributed by atoms with Gasteiger partial charge in [0.05, 0.1) is 19.3 Å². The zero-order valence-corrected chi connectivity index (χ0v) is 13.5. The van der Waals surface area contributed by atoms with Crippen molar-refractivity contribution in [1.29, 1.82) is 0 Å². The highest BCUT2D eigenvalue weighted by Crippen LogP contribution is 2.30. The van der Waals surface area contributed by atoms with E-state index in [1.165, 1.54) is 3.57 Å². The third-order valence-corrected chi connectivity index (χ3v) is 3.68. The maximum absolute atomic E-state index is 6.40. The maximum atomic E-state index is 6.40. The number of hydrogen-bond acceptors (Lipinski definition) is 3. The molecule has 1 unspecified atom stereocenters. The van der Waals surface area contributed by atoms with Crippen LogP contribution in [0.5, 0.6) is 5.75 Å². The van der Waals surface area contributed by atoms with E-state index in [2.05, 4.69) is 47.6 Å². The minimum atomic E-state index is -0.241. The summed E-state index contributed by atoms with van der Waals surface area (Å²) in [5.41, 5.74) is 8.38. The standard InChI is InChI=1S/C14H18IN3O/c1-9(2)18-14(12(19-3)8-17-18)13(16)10-5-4-6-11(15)7-10/h4-9,13H,16H2,1-3H3. The van der Waals surface area contributed by atoms with E-state index in [9.17, 15) is 0 Å². The lowest BCUT2D eigenvalue weighted by atomic mass is 10.0. The second-order valence-corrected chi connectivity index (χ2v) is 5.91. The summed E-state index contributed by atoms with van der Waals surface area (Å²) in [4.78, 5) is 0. The van der Waals surface area contributed by atoms with E-state index < -0.39 is 0 Å². The van der Waals surface area contributed by atoms with Crippen LogP contribution in [0, 0.1) is 3.57 Å². The minimum absolute atomic E-state index is 0.241. The lowest BCUT2D eigenvalue weighted by Crippen LogP contribution is -2.19. The molecule has 0 amide bonds. The van der Waals surface area contributed by atoms with E-state index in [0.717, 1.165) is 17.0 Å². The van der Waals surface area contributed by atoms with Crippen molar-refractivity contribution in [3.05, 3.63) is 45.3 Å². The van der Waals surface area contributed by atoms with Crippen LogP contribution in [0.3, 0.4) is 0 Å². The van der Waals surface area contributed by atoms with Crippen molar-refractivity contribution >= 4 is 22.6 Å². The molecular formula is C14H18IN3O. The number of benzene rings is 1. The first kappa shape index (κ1) is 14.3. The molecule has 1 aromatic carbocycles. The first-order valence-corrected chi connectivity index (χ1v) is 7.25. The number of rotatable bonds is 4. The van der Waals surface area contributed by atoms with Gasteiger partial charge in [-0.3, -0.25) is 4.68 Å². The van der Waals surface area contributed by atoms with Crippen LogP contribution in [-0.4, -0.2) is 16.9 Å². The van der Waals surface area contributed by atoms with E-state index in [1.54, 1.807) is 13.3 Å². The summed E-state index contributed by atoms with van der Waals surface area (Å²) < 4.78 is 8.47. The molecule has 1 aromatic heterocycles. The molecule has 1 heterocycles. The Morgan fingerprint density at radius 3 is 2.68 bits per heavy atom. The largest absolute Gasteiger partial charge is 0.493 e. The molecule has 19 heavy (non-hydrogen) atoms. The summed E-state index contributed by atoms with van der Waals surface area (Å²) in [7, 11) is 1.65. The highest BCUT2D eigenvalue weighted by atomic mass is 127. The van der Waals surface area contributed by atoms with Crippen molar-refractivity contribution in [2.45, 2.75) is 25.9 Å². The summed E-state index contributed by atoms with van der Waals surface area (Å²) in [5.74, 6) is 0.736. The Hall–Kier alpha value is -1.08. The van der Waals surface area contributed by atoms with Gasteiger partial charge in [0.25, 0.3) is 0 Å². The van der Waals surface area contributed by atoms with Gasteiger partial charge in [0.1, 0.15) is 5.69 Å². The summed E-state index contributed by atoms with van der Waals surface area (Å²) in [5, 5.41) is 4.37. The normalized spacial score (nSPS) is 12.7. The number of halogens is 1. The van der Waals surface area contributed by atoms with Gasteiger partial charge < -0.3 is 10.5 Å². The van der Waals surface area contributed by atoms with Gasteiger partial charge in [-0.05, 0) is 54.1 Å². The molecule has 0 radical (unpaired) electrons. The Morgan fingerprint density at radius 1 is 1.37 bits per heavy atom. The Balaban J connectivity index is 2.48. The molecule has 0 aliphatic heterocycles. The van der Waals surface area contributed by atoms with Gasteiger partial charge in [0.15, 0.2) is 5.75 Å². The first-order valence-electron chi connectivity index (χ1n) is 6.17. The van der Waals surface area contributed by atoms with Gasteiger partial charge in [0, 0.05) is 9.61 Å². The van der Waals surface area contributed by atoms with E-state index >= 15 is 0 Å². The van der Waals surface area contributed by atoms with Gasteiger partial charge in [-0.1, -0.05) is 12.1 Å². The monoisotopic (exact) mass is 371 g/mol. The van der Waals surface area contributed by atoms with Crippen molar-refractivity contribution in [2.24, 2.45) is 5.73 Å². The Kier molecular flexibility index (Phi) is 4.46. The van der Waals surface area contributed by atoms with Crippen LogP contribution in [0.15, 0.2) is 30.5 Å². The fourth-order valence-corrected chi connectivity index (χ4v) is 2.65. The predicted octanol–water partition coefficient (Wildman–Crippen LogP) is 3.13. The van der Waals surface area contributed by atoms with Crippen LogP contribution in [0.2, 0.25) is 0 Å². The quantitative estimate of drug-likeness (QED) is 0.841. The second kappa shape index (κ2) is 5.92. The molecule has 0 saturated carbocycles. The molecule has 2 N–H and O–H groups in total. The fourth-order valence-electron chi connectivity index (χ4n) is 2.08. The molecule has 0 spiro atoms. The zero-order chi connectivity index (χ0) is 14.0. The number of methoxy groups -OCH3 is 1. The predicted molar refractivity (Wildman–Crippen MR) is 84.4 cm³/mol. The minimum Gasteiger partial charge on any atom is -0.493 e. The van der Waals surface area contributed by atoms with Crippen LogP contribution >= 0.6 is 22.6 Å². The van der Waals surface area contributed by atoms with E-state index in [-0.39, 0.29) is 12.1 Å². The Labute approximate surface area is 127 Å². The Bertz CT molecular complexity index is 566. The molecule has 0 aliphatic carbocycles. The van der Waals surface area contributed by atoms with Crippen molar-refractivity contribution in [3.8, 4) is 5.75 Å². The lowest BCUT2D eigenvalue weighted by Gasteiger charge is -2.18. The van der Waals surface area contributed by atoms with Crippen LogP contribution in [-0.2, 0) is 0 Å². The smallest absolute Gasteiger partial charge is 0.161 e. The number of nitrogens with zero attached hydrogens (tertiary/aromatic N) is 2. The molecule has 4 nitrogen and oxygen atoms in total. The maximum Gasteiger partial charge on any atom is 0.161 e. The molecule has 2 aromatic rings. The SMILES string of the molecule is COc1cnn(C(C)C)c1C(N)c1cccc(I)c1. The van der Waals surface area contributed by atoms with Gasteiger partial charge in [-0.15, -0.1) is 0 Å². The van der Waals surface area contributed by atoms with Crippen molar-refractivity contribution < 1.29 is 4.74 Å². The van der Waals surface area contributed by atoms with Gasteiger partial charge >= 0.3 is 0 Å². The molecule has 1 atom stereocenters. The molecule has 5 heteroatoms.